The average molecular weight is 148 g/mol. The summed E-state index contributed by atoms with van der Waals surface area (Å²) in [6.45, 7) is 0.357. The fourth-order valence-corrected chi connectivity index (χ4v) is 0.567. The van der Waals surface area contributed by atoms with E-state index in [1.807, 2.05) is 0 Å². The van der Waals surface area contributed by atoms with Gasteiger partial charge in [-0.1, -0.05) is 0 Å². The van der Waals surface area contributed by atoms with Crippen LogP contribution in [0.3, 0.4) is 0 Å². The highest BCUT2D eigenvalue weighted by molar-refractivity contribution is 5.39. The monoisotopic (exact) mass is 148 g/mol. The largest absolute Gasteiger partial charge is 0.337 e. The third-order valence-electron chi connectivity index (χ3n) is 1.04. The van der Waals surface area contributed by atoms with Gasteiger partial charge in [-0.25, -0.2) is 0 Å². The fourth-order valence-electron chi connectivity index (χ4n) is 0.567. The zero-order valence-corrected chi connectivity index (χ0v) is 5.57. The molecule has 4 nitrogen and oxygen atoms in total. The van der Waals surface area contributed by atoms with Crippen molar-refractivity contribution in [1.29, 1.82) is 10.5 Å². The Bertz CT molecular complexity index is 275. The minimum absolute atomic E-state index is 0.00162. The van der Waals surface area contributed by atoms with E-state index in [1.54, 1.807) is 18.2 Å². The number of nitriles is 2. The van der Waals surface area contributed by atoms with Crippen LogP contribution in [0.2, 0.25) is 0 Å². The van der Waals surface area contributed by atoms with Crippen molar-refractivity contribution in [2.24, 2.45) is 0 Å². The zero-order valence-electron chi connectivity index (χ0n) is 5.57. The molecule has 11 heavy (non-hydrogen) atoms. The van der Waals surface area contributed by atoms with Gasteiger partial charge in [-0.2, -0.15) is 15.4 Å². The Hall–Kier alpha value is -1.78. The Morgan fingerprint density at radius 3 is 2.73 bits per heavy atom. The molecule has 0 fully saturated rings. The van der Waals surface area contributed by atoms with E-state index in [0.29, 0.717) is 12.4 Å². The third kappa shape index (κ3) is 1.82. The standard InChI is InChI=1S/C7H4N2O2/c8-4-6(5-9)3-7-1-2-10-11-7/h1,3H,2H2. The van der Waals surface area contributed by atoms with Crippen molar-refractivity contribution < 1.29 is 9.78 Å². The first-order chi connectivity index (χ1) is 5.36. The Labute approximate surface area is 63.5 Å². The van der Waals surface area contributed by atoms with Gasteiger partial charge in [-0.3, -0.25) is 0 Å². The smallest absolute Gasteiger partial charge is 0.165 e. The van der Waals surface area contributed by atoms with Crippen LogP contribution in [0.4, 0.5) is 0 Å². The summed E-state index contributed by atoms with van der Waals surface area (Å²) < 4.78 is 0. The number of rotatable bonds is 1. The second-order valence-corrected chi connectivity index (χ2v) is 1.76. The van der Waals surface area contributed by atoms with E-state index < -0.39 is 0 Å². The molecule has 0 atom stereocenters. The lowest BCUT2D eigenvalue weighted by atomic mass is 10.3. The maximum atomic E-state index is 8.32. The van der Waals surface area contributed by atoms with E-state index >= 15 is 0 Å². The lowest BCUT2D eigenvalue weighted by molar-refractivity contribution is -0.230. The Balaban J connectivity index is 2.73. The van der Waals surface area contributed by atoms with Crippen molar-refractivity contribution in [3.63, 3.8) is 0 Å². The quantitative estimate of drug-likeness (QED) is 0.407. The van der Waals surface area contributed by atoms with Gasteiger partial charge in [0, 0.05) is 6.08 Å². The second-order valence-electron chi connectivity index (χ2n) is 1.76. The second kappa shape index (κ2) is 3.40. The number of nitrogens with zero attached hydrogens (tertiary/aromatic N) is 2. The minimum Gasteiger partial charge on any atom is -0.337 e. The van der Waals surface area contributed by atoms with Gasteiger partial charge < -0.3 is 4.89 Å². The molecule has 0 N–H and O–H groups in total. The first kappa shape index (κ1) is 7.33. The topological polar surface area (TPSA) is 66.0 Å². The molecule has 1 aliphatic rings. The molecule has 0 bridgehead atoms. The summed E-state index contributed by atoms with van der Waals surface area (Å²) in [5.74, 6) is 0.406. The van der Waals surface area contributed by atoms with Gasteiger partial charge in [-0.05, 0) is 6.08 Å². The van der Waals surface area contributed by atoms with Crippen LogP contribution in [0.5, 0.6) is 0 Å². The molecule has 1 rings (SSSR count). The van der Waals surface area contributed by atoms with Crippen LogP contribution >= 0.6 is 0 Å². The summed E-state index contributed by atoms with van der Waals surface area (Å²) in [6, 6.07) is 3.40. The van der Waals surface area contributed by atoms with Gasteiger partial charge in [-0.15, -0.1) is 0 Å². The van der Waals surface area contributed by atoms with E-state index in [2.05, 4.69) is 9.78 Å². The molecular formula is C7H4N2O2. The summed E-state index contributed by atoms with van der Waals surface area (Å²) in [5.41, 5.74) is 0.00162. The van der Waals surface area contributed by atoms with Gasteiger partial charge >= 0.3 is 0 Å². The summed E-state index contributed by atoms with van der Waals surface area (Å²) in [7, 11) is 0. The zero-order chi connectivity index (χ0) is 8.10. The third-order valence-corrected chi connectivity index (χ3v) is 1.04. The highest BCUT2D eigenvalue weighted by atomic mass is 17.2. The van der Waals surface area contributed by atoms with Crippen molar-refractivity contribution in [2.75, 3.05) is 6.61 Å². The molecule has 0 saturated heterocycles. The maximum Gasteiger partial charge on any atom is 0.165 e. The molecule has 54 valence electrons. The Morgan fingerprint density at radius 2 is 2.27 bits per heavy atom. The summed E-state index contributed by atoms with van der Waals surface area (Å²) >= 11 is 0. The van der Waals surface area contributed by atoms with Crippen LogP contribution < -0.4 is 0 Å². The maximum absolute atomic E-state index is 8.32. The Morgan fingerprint density at radius 1 is 1.55 bits per heavy atom. The predicted molar refractivity (Wildman–Crippen MR) is 34.4 cm³/mol. The highest BCUT2D eigenvalue weighted by Gasteiger charge is 2.04. The van der Waals surface area contributed by atoms with Crippen LogP contribution in [0.25, 0.3) is 0 Å². The van der Waals surface area contributed by atoms with Crippen molar-refractivity contribution in [2.45, 2.75) is 0 Å². The Kier molecular flexibility index (Phi) is 2.27. The molecular weight excluding hydrogens is 144 g/mol. The van der Waals surface area contributed by atoms with Gasteiger partial charge in [0.05, 0.1) is 0 Å². The van der Waals surface area contributed by atoms with E-state index in [9.17, 15) is 0 Å². The van der Waals surface area contributed by atoms with Crippen LogP contribution in [0.15, 0.2) is 23.5 Å². The molecule has 0 aromatic rings. The average Bonchev–Trinajstić information content (AvgIpc) is 2.52. The molecule has 0 aromatic heterocycles. The molecule has 0 amide bonds. The summed E-state index contributed by atoms with van der Waals surface area (Å²) in [4.78, 5) is 9.06. The lowest BCUT2D eigenvalue weighted by Crippen LogP contribution is -1.81. The number of hydrogen-bond acceptors (Lipinski definition) is 4. The molecule has 0 aliphatic carbocycles. The number of hydrogen-bond donors (Lipinski definition) is 0. The van der Waals surface area contributed by atoms with Crippen molar-refractivity contribution in [1.82, 2.24) is 0 Å². The van der Waals surface area contributed by atoms with E-state index in [0.717, 1.165) is 0 Å². The summed E-state index contributed by atoms with van der Waals surface area (Å²) in [6.07, 6.45) is 2.96. The van der Waals surface area contributed by atoms with E-state index in [1.165, 1.54) is 6.08 Å². The molecule has 0 saturated carbocycles. The van der Waals surface area contributed by atoms with Crippen molar-refractivity contribution in [3.8, 4) is 12.1 Å². The summed E-state index contributed by atoms with van der Waals surface area (Å²) in [5, 5.41) is 16.6. The predicted octanol–water partition coefficient (Wildman–Crippen LogP) is 0.806. The van der Waals surface area contributed by atoms with E-state index in [-0.39, 0.29) is 5.57 Å². The van der Waals surface area contributed by atoms with Crippen LogP contribution in [-0.4, -0.2) is 6.61 Å². The molecule has 4 heteroatoms. The first-order valence-electron chi connectivity index (χ1n) is 2.88. The molecule has 0 aromatic carbocycles. The molecule has 0 unspecified atom stereocenters. The number of allylic oxidation sites excluding steroid dienone is 2. The van der Waals surface area contributed by atoms with Crippen molar-refractivity contribution in [3.05, 3.63) is 23.5 Å². The van der Waals surface area contributed by atoms with Crippen LogP contribution in [0, 0.1) is 22.7 Å². The van der Waals surface area contributed by atoms with Crippen LogP contribution in [0.1, 0.15) is 0 Å². The van der Waals surface area contributed by atoms with Gasteiger partial charge in [0.2, 0.25) is 0 Å². The first-order valence-corrected chi connectivity index (χ1v) is 2.88. The lowest BCUT2D eigenvalue weighted by Gasteiger charge is -1.91. The van der Waals surface area contributed by atoms with Gasteiger partial charge in [0.25, 0.3) is 0 Å². The van der Waals surface area contributed by atoms with Crippen LogP contribution in [-0.2, 0) is 9.78 Å². The van der Waals surface area contributed by atoms with E-state index in [4.69, 9.17) is 10.5 Å². The normalized spacial score (nSPS) is 13.8. The molecule has 1 aliphatic heterocycles. The highest BCUT2D eigenvalue weighted by Crippen LogP contribution is 2.09. The van der Waals surface area contributed by atoms with Crippen molar-refractivity contribution >= 4 is 0 Å². The molecule has 0 radical (unpaired) electrons. The van der Waals surface area contributed by atoms with Gasteiger partial charge in [0.15, 0.2) is 5.76 Å². The van der Waals surface area contributed by atoms with Gasteiger partial charge in [0.1, 0.15) is 24.3 Å². The fraction of sp³-hybridized carbons (Fsp3) is 0.143. The molecule has 1 heterocycles. The molecule has 0 spiro atoms. The SMILES string of the molecule is N#CC(C#N)=CC1=CCOO1. The minimum atomic E-state index is 0.00162.